The molecule has 28 heavy (non-hydrogen) atoms. The number of imidazole rings is 1. The summed E-state index contributed by atoms with van der Waals surface area (Å²) >= 11 is 0. The lowest BCUT2D eigenvalue weighted by atomic mass is 10.1. The lowest BCUT2D eigenvalue weighted by Crippen LogP contribution is -2.12. The van der Waals surface area contributed by atoms with Crippen LogP contribution in [0.1, 0.15) is 36.7 Å². The number of primary amides is 1. The lowest BCUT2D eigenvalue weighted by molar-refractivity contribution is 0.150. The third kappa shape index (κ3) is 4.27. The van der Waals surface area contributed by atoms with E-state index in [4.69, 9.17) is 20.2 Å². The molecule has 1 saturated carbocycles. The van der Waals surface area contributed by atoms with Crippen molar-refractivity contribution in [2.75, 3.05) is 6.61 Å². The van der Waals surface area contributed by atoms with E-state index in [1.807, 2.05) is 31.2 Å². The summed E-state index contributed by atoms with van der Waals surface area (Å²) in [7, 11) is 0. The van der Waals surface area contributed by atoms with E-state index < -0.39 is 6.09 Å². The predicted molar refractivity (Wildman–Crippen MR) is 107 cm³/mol. The van der Waals surface area contributed by atoms with Crippen molar-refractivity contribution in [1.29, 1.82) is 0 Å². The van der Waals surface area contributed by atoms with E-state index in [1.165, 1.54) is 18.4 Å². The second-order valence-electron chi connectivity index (χ2n) is 7.27. The van der Waals surface area contributed by atoms with Crippen LogP contribution in [-0.2, 0) is 24.3 Å². The molecule has 0 saturated heterocycles. The van der Waals surface area contributed by atoms with Gasteiger partial charge in [0.05, 0.1) is 17.6 Å². The number of carbonyl (C=O) groups excluding carboxylic acids is 1. The van der Waals surface area contributed by atoms with Crippen LogP contribution in [0.5, 0.6) is 5.75 Å². The summed E-state index contributed by atoms with van der Waals surface area (Å²) < 4.78 is 12.8. The maximum absolute atomic E-state index is 10.9. The Labute approximate surface area is 164 Å². The minimum atomic E-state index is -0.768. The van der Waals surface area contributed by atoms with Gasteiger partial charge in [-0.3, -0.25) is 0 Å². The van der Waals surface area contributed by atoms with Crippen LogP contribution in [0.15, 0.2) is 42.5 Å². The van der Waals surface area contributed by atoms with Gasteiger partial charge in [0, 0.05) is 13.0 Å². The second kappa shape index (κ2) is 7.92. The number of aromatic nitrogens is 2. The molecule has 1 fully saturated rings. The van der Waals surface area contributed by atoms with Gasteiger partial charge in [0.15, 0.2) is 0 Å². The molecule has 1 aliphatic carbocycles. The molecule has 0 bridgehead atoms. The maximum Gasteiger partial charge on any atom is 0.404 e. The predicted octanol–water partition coefficient (Wildman–Crippen LogP) is 4.03. The first kappa shape index (κ1) is 18.3. The van der Waals surface area contributed by atoms with Crippen LogP contribution in [0.4, 0.5) is 4.79 Å². The Morgan fingerprint density at radius 1 is 1.18 bits per heavy atom. The van der Waals surface area contributed by atoms with Gasteiger partial charge in [-0.25, -0.2) is 9.78 Å². The van der Waals surface area contributed by atoms with Crippen LogP contribution in [0.3, 0.4) is 0 Å². The molecular weight excluding hydrogens is 354 g/mol. The van der Waals surface area contributed by atoms with Gasteiger partial charge < -0.3 is 19.8 Å². The molecule has 1 amide bonds. The van der Waals surface area contributed by atoms with E-state index in [9.17, 15) is 4.79 Å². The number of amides is 1. The minimum Gasteiger partial charge on any atom is -0.494 e. The molecule has 4 rings (SSSR count). The molecule has 1 heterocycles. The summed E-state index contributed by atoms with van der Waals surface area (Å²) in [6.07, 6.45) is 2.57. The van der Waals surface area contributed by atoms with E-state index in [1.54, 1.807) is 0 Å². The smallest absolute Gasteiger partial charge is 0.404 e. The fraction of sp³-hybridized carbons (Fsp3) is 0.364. The van der Waals surface area contributed by atoms with Gasteiger partial charge >= 0.3 is 6.09 Å². The molecule has 0 radical (unpaired) electrons. The van der Waals surface area contributed by atoms with Crippen molar-refractivity contribution in [1.82, 2.24) is 9.55 Å². The van der Waals surface area contributed by atoms with Gasteiger partial charge in [0.2, 0.25) is 0 Å². The molecule has 2 N–H and O–H groups in total. The van der Waals surface area contributed by atoms with Crippen LogP contribution in [-0.4, -0.2) is 22.3 Å². The Morgan fingerprint density at radius 2 is 1.93 bits per heavy atom. The maximum atomic E-state index is 10.9. The number of hydrogen-bond acceptors (Lipinski definition) is 4. The highest BCUT2D eigenvalue weighted by Gasteiger charge is 2.24. The Bertz CT molecular complexity index is 975. The van der Waals surface area contributed by atoms with Gasteiger partial charge in [-0.1, -0.05) is 18.2 Å². The molecule has 0 atom stereocenters. The first-order chi connectivity index (χ1) is 13.6. The zero-order valence-electron chi connectivity index (χ0n) is 16.1. The number of nitrogens with two attached hydrogens (primary N) is 1. The molecule has 0 aliphatic heterocycles. The van der Waals surface area contributed by atoms with Crippen molar-refractivity contribution in [3.8, 4) is 5.75 Å². The molecule has 1 aromatic heterocycles. The van der Waals surface area contributed by atoms with Crippen molar-refractivity contribution in [3.05, 3.63) is 59.4 Å². The Hall–Kier alpha value is -3.02. The molecule has 146 valence electrons. The average Bonchev–Trinajstić information content (AvgIpc) is 3.44. The van der Waals surface area contributed by atoms with Gasteiger partial charge in [0.25, 0.3) is 0 Å². The summed E-state index contributed by atoms with van der Waals surface area (Å²) in [4.78, 5) is 15.8. The Morgan fingerprint density at radius 3 is 2.61 bits per heavy atom. The van der Waals surface area contributed by atoms with E-state index in [0.717, 1.165) is 47.1 Å². The average molecular weight is 379 g/mol. The molecule has 6 nitrogen and oxygen atoms in total. The van der Waals surface area contributed by atoms with Gasteiger partial charge in [-0.2, -0.15) is 0 Å². The number of fused-ring (bicyclic) bond motifs is 1. The van der Waals surface area contributed by atoms with Crippen LogP contribution in [0, 0.1) is 5.92 Å². The highest BCUT2D eigenvalue weighted by atomic mass is 16.5. The normalized spacial score (nSPS) is 13.6. The lowest BCUT2D eigenvalue weighted by Gasteiger charge is -2.09. The number of benzene rings is 2. The van der Waals surface area contributed by atoms with Crippen LogP contribution < -0.4 is 10.5 Å². The Balaban J connectivity index is 1.62. The van der Waals surface area contributed by atoms with E-state index in [2.05, 4.69) is 22.8 Å². The third-order valence-electron chi connectivity index (χ3n) is 5.01. The topological polar surface area (TPSA) is 79.4 Å². The first-order valence-corrected chi connectivity index (χ1v) is 9.74. The quantitative estimate of drug-likeness (QED) is 0.641. The fourth-order valence-corrected chi connectivity index (χ4v) is 3.42. The largest absolute Gasteiger partial charge is 0.494 e. The fourth-order valence-electron chi connectivity index (χ4n) is 3.42. The van der Waals surface area contributed by atoms with Crippen LogP contribution in [0.25, 0.3) is 11.0 Å². The molecule has 6 heteroatoms. The van der Waals surface area contributed by atoms with Gasteiger partial charge in [-0.05, 0) is 61.1 Å². The highest BCUT2D eigenvalue weighted by Crippen LogP contribution is 2.33. The number of rotatable bonds is 8. The van der Waals surface area contributed by atoms with Crippen molar-refractivity contribution >= 4 is 17.1 Å². The van der Waals surface area contributed by atoms with Crippen molar-refractivity contribution in [3.63, 3.8) is 0 Å². The van der Waals surface area contributed by atoms with E-state index in [-0.39, 0.29) is 6.61 Å². The Kier molecular flexibility index (Phi) is 5.19. The molecule has 2 aromatic carbocycles. The standard InChI is InChI=1S/C22H25N3O3/c1-2-27-18-8-5-15(6-9-18)12-21-24-19-11-17(14-28-22(23)26)7-10-20(19)25(21)13-16-3-4-16/h5-11,16H,2-4,12-14H2,1H3,(H2,23,26). The molecule has 0 unspecified atom stereocenters. The van der Waals surface area contributed by atoms with Crippen molar-refractivity contribution < 1.29 is 14.3 Å². The summed E-state index contributed by atoms with van der Waals surface area (Å²) in [6, 6.07) is 14.2. The zero-order chi connectivity index (χ0) is 19.5. The van der Waals surface area contributed by atoms with Gasteiger partial charge in [0.1, 0.15) is 18.2 Å². The summed E-state index contributed by atoms with van der Waals surface area (Å²) in [5, 5.41) is 0. The van der Waals surface area contributed by atoms with Crippen molar-refractivity contribution in [2.24, 2.45) is 11.7 Å². The van der Waals surface area contributed by atoms with Crippen LogP contribution in [0.2, 0.25) is 0 Å². The number of ether oxygens (including phenoxy) is 2. The van der Waals surface area contributed by atoms with E-state index in [0.29, 0.717) is 6.61 Å². The number of carbonyl (C=O) groups is 1. The summed E-state index contributed by atoms with van der Waals surface area (Å²) in [6.45, 7) is 3.81. The number of hydrogen-bond donors (Lipinski definition) is 1. The van der Waals surface area contributed by atoms with E-state index >= 15 is 0 Å². The molecule has 0 spiro atoms. The highest BCUT2D eigenvalue weighted by molar-refractivity contribution is 5.77. The van der Waals surface area contributed by atoms with Crippen LogP contribution >= 0.6 is 0 Å². The molecule has 3 aromatic rings. The SMILES string of the molecule is CCOc1ccc(Cc2nc3cc(COC(N)=O)ccc3n2CC2CC2)cc1. The number of nitrogens with zero attached hydrogens (tertiary/aromatic N) is 2. The van der Waals surface area contributed by atoms with Gasteiger partial charge in [-0.15, -0.1) is 0 Å². The minimum absolute atomic E-state index is 0.162. The summed E-state index contributed by atoms with van der Waals surface area (Å²) in [5.41, 5.74) is 9.20. The third-order valence-corrected chi connectivity index (χ3v) is 5.01. The summed E-state index contributed by atoms with van der Waals surface area (Å²) in [5.74, 6) is 2.69. The molecular formula is C22H25N3O3. The second-order valence-corrected chi connectivity index (χ2v) is 7.27. The monoisotopic (exact) mass is 379 g/mol. The first-order valence-electron chi connectivity index (χ1n) is 9.74. The zero-order valence-corrected chi connectivity index (χ0v) is 16.1. The van der Waals surface area contributed by atoms with Crippen molar-refractivity contribution in [2.45, 2.75) is 39.3 Å². The molecule has 1 aliphatic rings.